The van der Waals surface area contributed by atoms with Crippen molar-refractivity contribution >= 4 is 39.0 Å². The topological polar surface area (TPSA) is 86.5 Å². The summed E-state index contributed by atoms with van der Waals surface area (Å²) in [5, 5.41) is 10.0. The molecule has 0 atom stereocenters. The van der Waals surface area contributed by atoms with Gasteiger partial charge in [-0.15, -0.1) is 11.6 Å². The maximum Gasteiger partial charge on any atom is 0.211 e. The molecule has 38 heavy (non-hydrogen) atoms. The van der Waals surface area contributed by atoms with Crippen molar-refractivity contribution in [2.45, 2.75) is 19.3 Å². The first-order chi connectivity index (χ1) is 18.0. The van der Waals surface area contributed by atoms with E-state index >= 15 is 0 Å². The quantitative estimate of drug-likeness (QED) is 0.340. The highest BCUT2D eigenvalue weighted by atomic mass is 35.5. The number of nitrogens with zero attached hydrogens (tertiary/aromatic N) is 4. The lowest BCUT2D eigenvalue weighted by Crippen LogP contribution is -2.48. The fourth-order valence-corrected chi connectivity index (χ4v) is 5.74. The number of piperazine rings is 1. The number of ether oxygens (including phenoxy) is 1. The normalized spacial score (nSPS) is 14.8. The lowest BCUT2D eigenvalue weighted by Gasteiger charge is -2.34. The van der Waals surface area contributed by atoms with Crippen molar-refractivity contribution in [3.63, 3.8) is 0 Å². The summed E-state index contributed by atoms with van der Waals surface area (Å²) in [7, 11) is -3.16. The second kappa shape index (κ2) is 11.5. The van der Waals surface area contributed by atoms with Crippen LogP contribution in [-0.2, 0) is 15.4 Å². The number of rotatable bonds is 8. The summed E-state index contributed by atoms with van der Waals surface area (Å²) >= 11 is 12.2. The van der Waals surface area contributed by atoms with E-state index in [1.165, 1.54) is 10.6 Å². The van der Waals surface area contributed by atoms with E-state index in [4.69, 9.17) is 27.9 Å². The largest absolute Gasteiger partial charge is 0.489 e. The lowest BCUT2D eigenvalue weighted by atomic mass is 9.77. The van der Waals surface area contributed by atoms with Crippen LogP contribution >= 0.6 is 23.2 Å². The van der Waals surface area contributed by atoms with E-state index in [9.17, 15) is 13.7 Å². The number of hydrogen-bond acceptors (Lipinski definition) is 6. The highest BCUT2D eigenvalue weighted by molar-refractivity contribution is 7.88. The summed E-state index contributed by atoms with van der Waals surface area (Å²) in [5.74, 6) is 1.50. The van der Waals surface area contributed by atoms with Crippen molar-refractivity contribution in [2.24, 2.45) is 0 Å². The van der Waals surface area contributed by atoms with Gasteiger partial charge in [-0.25, -0.2) is 13.4 Å². The van der Waals surface area contributed by atoms with Crippen molar-refractivity contribution in [3.8, 4) is 22.9 Å². The molecule has 0 saturated carbocycles. The molecular formula is C28H30Cl2N4O3S. The number of sulfonamides is 1. The summed E-state index contributed by atoms with van der Waals surface area (Å²) in [5.41, 5.74) is 3.98. The van der Waals surface area contributed by atoms with Crippen LogP contribution in [0.5, 0.6) is 5.75 Å². The summed E-state index contributed by atoms with van der Waals surface area (Å²) in [6.07, 6.45) is 3.09. The molecule has 0 radical (unpaired) electrons. The van der Waals surface area contributed by atoms with Gasteiger partial charge in [0.25, 0.3) is 0 Å². The maximum atomic E-state index is 11.8. The zero-order valence-corrected chi connectivity index (χ0v) is 23.9. The summed E-state index contributed by atoms with van der Waals surface area (Å²) < 4.78 is 30.6. The van der Waals surface area contributed by atoms with Gasteiger partial charge in [0.05, 0.1) is 22.7 Å². The van der Waals surface area contributed by atoms with Gasteiger partial charge in [0.2, 0.25) is 10.0 Å². The van der Waals surface area contributed by atoms with Crippen LogP contribution in [0.2, 0.25) is 5.02 Å². The van der Waals surface area contributed by atoms with E-state index in [2.05, 4.69) is 54.1 Å². The number of alkyl halides is 1. The fraction of sp³-hybridized carbons (Fsp3) is 0.357. The third-order valence-electron chi connectivity index (χ3n) is 6.93. The molecule has 2 aromatic carbocycles. The number of anilines is 1. The first-order valence-corrected chi connectivity index (χ1v) is 15.0. The Morgan fingerprint density at radius 2 is 1.68 bits per heavy atom. The first-order valence-electron chi connectivity index (χ1n) is 12.2. The molecule has 0 unspecified atom stereocenters. The summed E-state index contributed by atoms with van der Waals surface area (Å²) in [6.45, 7) is 6.60. The minimum Gasteiger partial charge on any atom is -0.489 e. The van der Waals surface area contributed by atoms with Crippen LogP contribution in [-0.4, -0.2) is 62.6 Å². The van der Waals surface area contributed by atoms with Gasteiger partial charge in [-0.3, -0.25) is 0 Å². The first kappa shape index (κ1) is 28.2. The molecule has 200 valence electrons. The van der Waals surface area contributed by atoms with Gasteiger partial charge >= 0.3 is 0 Å². The molecule has 3 aromatic rings. The summed E-state index contributed by atoms with van der Waals surface area (Å²) in [6, 6.07) is 18.1. The van der Waals surface area contributed by atoms with E-state index in [0.717, 1.165) is 28.1 Å². The monoisotopic (exact) mass is 572 g/mol. The summed E-state index contributed by atoms with van der Waals surface area (Å²) in [4.78, 5) is 6.74. The Morgan fingerprint density at radius 3 is 2.24 bits per heavy atom. The SMILES string of the molecule is CC(C)(c1ccc(-c2ccc(N3CCN(S(C)(=O)=O)CC3)nc2)cc1)c1cc(Cl)c(OCCCl)c(C#N)c1. The van der Waals surface area contributed by atoms with Gasteiger partial charge in [0.1, 0.15) is 18.5 Å². The average Bonchev–Trinajstić information content (AvgIpc) is 2.91. The third kappa shape index (κ3) is 6.08. The molecule has 1 aliphatic heterocycles. The average molecular weight is 574 g/mol. The van der Waals surface area contributed by atoms with Crippen molar-refractivity contribution in [3.05, 3.63) is 76.4 Å². The standard InChI is InChI=1S/C28H30Cl2N4O3S/c1-28(2,24-16-22(18-31)27(25(30)17-24)37-15-10-29)23-7-4-20(5-8-23)21-6-9-26(32-19-21)33-11-13-34(14-12-33)38(3,35)36/h4-9,16-17,19H,10-15H2,1-3H3. The third-order valence-corrected chi connectivity index (χ3v) is 8.67. The maximum absolute atomic E-state index is 11.8. The van der Waals surface area contributed by atoms with Crippen molar-refractivity contribution in [2.75, 3.05) is 49.8 Å². The molecule has 1 fully saturated rings. The van der Waals surface area contributed by atoms with Crippen LogP contribution in [0.15, 0.2) is 54.7 Å². The molecule has 0 N–H and O–H groups in total. The van der Waals surface area contributed by atoms with Crippen molar-refractivity contribution in [1.29, 1.82) is 5.26 Å². The van der Waals surface area contributed by atoms with Gasteiger partial charge in [0.15, 0.2) is 5.75 Å². The van der Waals surface area contributed by atoms with Crippen LogP contribution in [0.4, 0.5) is 5.82 Å². The highest BCUT2D eigenvalue weighted by Gasteiger charge is 2.26. The van der Waals surface area contributed by atoms with Gasteiger partial charge in [-0.2, -0.15) is 9.57 Å². The van der Waals surface area contributed by atoms with Gasteiger partial charge in [-0.05, 0) is 41.0 Å². The van der Waals surface area contributed by atoms with Gasteiger partial charge in [0, 0.05) is 43.4 Å². The van der Waals surface area contributed by atoms with Gasteiger partial charge < -0.3 is 9.64 Å². The van der Waals surface area contributed by atoms with Crippen molar-refractivity contribution < 1.29 is 13.2 Å². The smallest absolute Gasteiger partial charge is 0.211 e. The van der Waals surface area contributed by atoms with Crippen molar-refractivity contribution in [1.82, 2.24) is 9.29 Å². The molecule has 1 saturated heterocycles. The second-order valence-electron chi connectivity index (χ2n) is 9.74. The van der Waals surface area contributed by atoms with E-state index in [1.807, 2.05) is 30.5 Å². The predicted molar refractivity (Wildman–Crippen MR) is 153 cm³/mol. The Morgan fingerprint density at radius 1 is 1.03 bits per heavy atom. The number of halogens is 2. The number of nitriles is 1. The molecule has 4 rings (SSSR count). The zero-order valence-electron chi connectivity index (χ0n) is 21.6. The van der Waals surface area contributed by atoms with Crippen LogP contribution < -0.4 is 9.64 Å². The molecule has 1 aromatic heterocycles. The van der Waals surface area contributed by atoms with Gasteiger partial charge in [-0.1, -0.05) is 49.7 Å². The molecule has 0 aliphatic carbocycles. The molecule has 0 amide bonds. The minimum absolute atomic E-state index is 0.274. The minimum atomic E-state index is -3.16. The molecule has 0 spiro atoms. The molecule has 2 heterocycles. The molecule has 7 nitrogen and oxygen atoms in total. The fourth-order valence-electron chi connectivity index (χ4n) is 4.56. The van der Waals surface area contributed by atoms with Crippen LogP contribution in [0, 0.1) is 11.3 Å². The molecule has 10 heteroatoms. The van der Waals surface area contributed by atoms with Crippen LogP contribution in [0.3, 0.4) is 0 Å². The molecular weight excluding hydrogens is 543 g/mol. The van der Waals surface area contributed by atoms with E-state index in [-0.39, 0.29) is 6.61 Å². The zero-order chi connectivity index (χ0) is 27.5. The molecule has 0 bridgehead atoms. The Hall–Kier alpha value is -2.83. The Labute approximate surface area is 234 Å². The molecule has 1 aliphatic rings. The number of aromatic nitrogens is 1. The number of pyridine rings is 1. The highest BCUT2D eigenvalue weighted by Crippen LogP contribution is 2.38. The van der Waals surface area contributed by atoms with Crippen LogP contribution in [0.1, 0.15) is 30.5 Å². The Kier molecular flexibility index (Phi) is 8.53. The predicted octanol–water partition coefficient (Wildman–Crippen LogP) is 5.30. The van der Waals surface area contributed by atoms with E-state index in [1.54, 1.807) is 0 Å². The van der Waals surface area contributed by atoms with Crippen LogP contribution in [0.25, 0.3) is 11.1 Å². The Balaban J connectivity index is 1.50. The van der Waals surface area contributed by atoms with E-state index in [0.29, 0.717) is 48.4 Å². The Bertz CT molecular complexity index is 1430. The lowest BCUT2D eigenvalue weighted by molar-refractivity contribution is 0.341. The number of benzene rings is 2. The second-order valence-corrected chi connectivity index (χ2v) is 12.5. The van der Waals surface area contributed by atoms with E-state index < -0.39 is 15.4 Å². The number of hydrogen-bond donors (Lipinski definition) is 0.